The van der Waals surface area contributed by atoms with Crippen LogP contribution in [-0.2, 0) is 37.5 Å². The molecule has 0 heterocycles. The van der Waals surface area contributed by atoms with Crippen LogP contribution >= 0.6 is 0 Å². The molecule has 0 saturated heterocycles. The van der Waals surface area contributed by atoms with E-state index in [9.17, 15) is 4.79 Å². The maximum absolute atomic E-state index is 10.9. The van der Waals surface area contributed by atoms with E-state index < -0.39 is 5.97 Å². The fourth-order valence-corrected chi connectivity index (χ4v) is 2.98. The summed E-state index contributed by atoms with van der Waals surface area (Å²) in [7, 11) is 1.80. The summed E-state index contributed by atoms with van der Waals surface area (Å²) in [6, 6.07) is 27.1. The molecule has 6 heteroatoms. The predicted octanol–water partition coefficient (Wildman–Crippen LogP) is 6.48. The first-order valence-corrected chi connectivity index (χ1v) is 10.5. The van der Waals surface area contributed by atoms with E-state index >= 15 is 0 Å². The molecule has 0 aliphatic heterocycles. The van der Waals surface area contributed by atoms with E-state index in [1.54, 1.807) is 11.9 Å². The Morgan fingerprint density at radius 3 is 1.88 bits per heavy atom. The van der Waals surface area contributed by atoms with Gasteiger partial charge in [0.15, 0.2) is 0 Å². The van der Waals surface area contributed by atoms with Crippen LogP contribution in [0.4, 0.5) is 0 Å². The van der Waals surface area contributed by atoms with Crippen molar-refractivity contribution >= 4 is 5.97 Å². The summed E-state index contributed by atoms with van der Waals surface area (Å²) in [6.07, 6.45) is 0.504. The van der Waals surface area contributed by atoms with Gasteiger partial charge in [-0.3, -0.25) is 9.69 Å². The van der Waals surface area contributed by atoms with Crippen molar-refractivity contribution in [1.82, 2.24) is 4.90 Å². The molecular weight excluding hydrogens is 491 g/mol. The van der Waals surface area contributed by atoms with Gasteiger partial charge < -0.3 is 22.0 Å². The molecule has 3 rings (SSSR count). The van der Waals surface area contributed by atoms with Crippen molar-refractivity contribution in [2.75, 3.05) is 20.1 Å². The molecule has 0 aliphatic rings. The van der Waals surface area contributed by atoms with E-state index in [0.717, 1.165) is 22.8 Å². The van der Waals surface area contributed by atoms with Crippen LogP contribution in [0, 0.1) is 7.43 Å². The van der Waals surface area contributed by atoms with E-state index in [1.165, 1.54) is 0 Å². The average Bonchev–Trinajstić information content (AvgIpc) is 2.80. The van der Waals surface area contributed by atoms with Gasteiger partial charge in [0.2, 0.25) is 0 Å². The fourth-order valence-electron chi connectivity index (χ4n) is 2.98. The number of likely N-dealkylation sites (N-methyl/N-ethyl adjacent to an activating group) is 1. The first-order valence-electron chi connectivity index (χ1n) is 10.5. The molecule has 175 valence electrons. The summed E-state index contributed by atoms with van der Waals surface area (Å²) in [5, 5.41) is 8.95. The van der Waals surface area contributed by atoms with Gasteiger partial charge in [0.25, 0.3) is 0 Å². The van der Waals surface area contributed by atoms with Crippen LogP contribution in [0.5, 0.6) is 17.2 Å². The van der Waals surface area contributed by atoms with Crippen molar-refractivity contribution in [1.29, 1.82) is 0 Å². The molecule has 0 bridgehead atoms. The fraction of sp³-hybridized carbons (Fsp3) is 0.259. The zero-order valence-electron chi connectivity index (χ0n) is 20.0. The van der Waals surface area contributed by atoms with Gasteiger partial charge in [0, 0.05) is 45.7 Å². The second-order valence-corrected chi connectivity index (χ2v) is 6.82. The number of hydrogen-bond acceptors (Lipinski definition) is 4. The summed E-state index contributed by atoms with van der Waals surface area (Å²) >= 11 is 0. The van der Waals surface area contributed by atoms with Crippen molar-refractivity contribution in [2.45, 2.75) is 26.4 Å². The van der Waals surface area contributed by atoms with Gasteiger partial charge in [0.05, 0.1) is 6.54 Å². The first-order chi connectivity index (χ1) is 15.1. The van der Waals surface area contributed by atoms with Crippen molar-refractivity contribution in [3.8, 4) is 17.2 Å². The molecule has 1 atom stereocenters. The van der Waals surface area contributed by atoms with E-state index in [1.807, 2.05) is 98.8 Å². The summed E-state index contributed by atoms with van der Waals surface area (Å²) < 4.78 is 12.1. The number of para-hydroxylation sites is 1. The first kappa shape index (κ1) is 30.8. The Bertz CT molecular complexity index is 889. The Kier molecular flexibility index (Phi) is 16.1. The molecule has 3 aromatic carbocycles. The number of carboxylic acids is 1. The minimum atomic E-state index is -0.835. The summed E-state index contributed by atoms with van der Waals surface area (Å²) in [6.45, 7) is 4.62. The molecule has 0 aromatic heterocycles. The van der Waals surface area contributed by atoms with Gasteiger partial charge in [-0.1, -0.05) is 62.4 Å². The number of benzene rings is 3. The molecule has 33 heavy (non-hydrogen) atoms. The predicted molar refractivity (Wildman–Crippen MR) is 130 cm³/mol. The third-order valence-corrected chi connectivity index (χ3v) is 4.43. The van der Waals surface area contributed by atoms with Crippen molar-refractivity contribution in [3.05, 3.63) is 97.9 Å². The van der Waals surface area contributed by atoms with E-state index in [4.69, 9.17) is 14.6 Å². The Hall–Kier alpha value is -2.21. The van der Waals surface area contributed by atoms with Crippen molar-refractivity contribution < 1.29 is 52.1 Å². The average molecular weight is 525 g/mol. The van der Waals surface area contributed by atoms with Crippen LogP contribution in [-0.4, -0.2) is 36.1 Å². The second-order valence-electron chi connectivity index (χ2n) is 6.82. The summed E-state index contributed by atoms with van der Waals surface area (Å²) in [4.78, 5) is 12.7. The second kappa shape index (κ2) is 17.3. The minimum Gasteiger partial charge on any atom is -0.486 e. The third-order valence-electron chi connectivity index (χ3n) is 4.43. The number of ether oxygens (including phenoxy) is 2. The number of carboxylic acid groups (broad SMARTS) is 1. The van der Waals surface area contributed by atoms with E-state index in [0.29, 0.717) is 13.0 Å². The summed E-state index contributed by atoms with van der Waals surface area (Å²) in [5.41, 5.74) is 1.06. The SMILES string of the molecule is CC.CN(CCC(Oc1ccc(Oc2ccccc2)cc1)c1ccccc1)CC(=O)O.[CH3-].[Y]. The van der Waals surface area contributed by atoms with Crippen LogP contribution in [0.15, 0.2) is 84.9 Å². The number of hydrogen-bond donors (Lipinski definition) is 1. The van der Waals surface area contributed by atoms with Crippen LogP contribution in [0.1, 0.15) is 31.9 Å². The van der Waals surface area contributed by atoms with Gasteiger partial charge >= 0.3 is 5.97 Å². The number of rotatable bonds is 10. The Morgan fingerprint density at radius 1 is 0.848 bits per heavy atom. The Balaban J connectivity index is 0.00000249. The third kappa shape index (κ3) is 11.5. The number of nitrogens with zero attached hydrogens (tertiary/aromatic N) is 1. The van der Waals surface area contributed by atoms with Gasteiger partial charge in [-0.05, 0) is 49.0 Å². The Labute approximate surface area is 223 Å². The molecule has 3 aromatic rings. The van der Waals surface area contributed by atoms with Crippen LogP contribution in [0.3, 0.4) is 0 Å². The van der Waals surface area contributed by atoms with Gasteiger partial charge in [0.1, 0.15) is 23.4 Å². The van der Waals surface area contributed by atoms with E-state index in [2.05, 4.69) is 0 Å². The maximum Gasteiger partial charge on any atom is 0.317 e. The maximum atomic E-state index is 10.9. The number of aliphatic carboxylic acids is 1. The van der Waals surface area contributed by atoms with Crippen molar-refractivity contribution in [3.63, 3.8) is 0 Å². The minimum absolute atomic E-state index is 0. The topological polar surface area (TPSA) is 59.0 Å². The smallest absolute Gasteiger partial charge is 0.317 e. The number of carbonyl (C=O) groups is 1. The standard InChI is InChI=1S/C24H25NO4.C2H6.CH3.Y/c1-25(18-24(26)27)17-16-23(19-8-4-2-5-9-19)29-22-14-12-21(13-15-22)28-20-10-6-3-7-11-20;1-2;;/h2-15,23H,16-18H2,1H3,(H,26,27);1-2H3;1H3;/q;;-1;. The van der Waals surface area contributed by atoms with Crippen LogP contribution in [0.25, 0.3) is 0 Å². The van der Waals surface area contributed by atoms with Crippen LogP contribution < -0.4 is 9.47 Å². The molecule has 0 amide bonds. The largest absolute Gasteiger partial charge is 0.486 e. The molecule has 0 saturated carbocycles. The van der Waals surface area contributed by atoms with Gasteiger partial charge in [-0.25, -0.2) is 0 Å². The molecule has 0 fully saturated rings. The molecule has 1 radical (unpaired) electrons. The van der Waals surface area contributed by atoms with E-state index in [-0.39, 0.29) is 52.8 Å². The van der Waals surface area contributed by atoms with Crippen LogP contribution in [0.2, 0.25) is 0 Å². The monoisotopic (exact) mass is 525 g/mol. The zero-order chi connectivity index (χ0) is 22.5. The van der Waals surface area contributed by atoms with Gasteiger partial charge in [-0.15, -0.1) is 0 Å². The van der Waals surface area contributed by atoms with Gasteiger partial charge in [-0.2, -0.15) is 0 Å². The molecule has 5 nitrogen and oxygen atoms in total. The molecular formula is C27H34NO4Y-. The normalized spacial score (nSPS) is 10.5. The molecule has 0 aliphatic carbocycles. The summed E-state index contributed by atoms with van der Waals surface area (Å²) in [5.74, 6) is 1.42. The molecule has 0 spiro atoms. The zero-order valence-corrected chi connectivity index (χ0v) is 22.8. The quantitative estimate of drug-likeness (QED) is 0.307. The van der Waals surface area contributed by atoms with Crippen molar-refractivity contribution in [2.24, 2.45) is 0 Å². The molecule has 1 unspecified atom stereocenters. The molecule has 1 N–H and O–H groups in total. The Morgan fingerprint density at radius 2 is 1.33 bits per heavy atom.